The van der Waals surface area contributed by atoms with Crippen LogP contribution in [0, 0.1) is 0 Å². The van der Waals surface area contributed by atoms with Crippen LogP contribution in [-0.2, 0) is 9.53 Å². The standard InChI is InChI=1S/C27H28N4O6S/c1-2-36-23-16-19(9-10-22(23)37-18-25(32)31-11-13-35-14-12-31)17-28-30-26(33)20-6-3-4-7-21(20)29-27(34)24-8-5-15-38-24/h3-10,15-17H,2,11-14,18H2,1H3,(H,29,34)(H,30,33)/b28-17-. The normalized spacial score (nSPS) is 13.2. The molecule has 198 valence electrons. The molecule has 2 heterocycles. The Bertz CT molecular complexity index is 1290. The second-order valence-corrected chi connectivity index (χ2v) is 9.04. The summed E-state index contributed by atoms with van der Waals surface area (Å²) in [7, 11) is 0. The highest BCUT2D eigenvalue weighted by Gasteiger charge is 2.18. The third kappa shape index (κ3) is 7.17. The third-order valence-corrected chi connectivity index (χ3v) is 6.40. The number of morpholine rings is 1. The molecular formula is C27H28N4O6S. The molecule has 3 amide bonds. The molecule has 10 nitrogen and oxygen atoms in total. The van der Waals surface area contributed by atoms with E-state index in [4.69, 9.17) is 14.2 Å². The summed E-state index contributed by atoms with van der Waals surface area (Å²) < 4.78 is 16.7. The van der Waals surface area contributed by atoms with Crippen molar-refractivity contribution in [2.75, 3.05) is 44.8 Å². The number of nitrogens with zero attached hydrogens (tertiary/aromatic N) is 2. The molecule has 0 radical (unpaired) electrons. The van der Waals surface area contributed by atoms with Crippen molar-refractivity contribution in [3.05, 3.63) is 76.0 Å². The number of para-hydroxylation sites is 1. The summed E-state index contributed by atoms with van der Waals surface area (Å²) in [6.45, 7) is 4.29. The molecule has 38 heavy (non-hydrogen) atoms. The third-order valence-electron chi connectivity index (χ3n) is 5.53. The van der Waals surface area contributed by atoms with Crippen molar-refractivity contribution in [1.29, 1.82) is 0 Å². The summed E-state index contributed by atoms with van der Waals surface area (Å²) in [5.41, 5.74) is 3.80. The minimum absolute atomic E-state index is 0.105. The molecule has 3 aromatic rings. The van der Waals surface area contributed by atoms with Crippen LogP contribution in [0.3, 0.4) is 0 Å². The molecule has 0 unspecified atom stereocenters. The van der Waals surface area contributed by atoms with Crippen LogP contribution in [0.1, 0.15) is 32.5 Å². The van der Waals surface area contributed by atoms with Crippen molar-refractivity contribution >= 4 is 41.0 Å². The second kappa shape index (κ2) is 13.4. The van der Waals surface area contributed by atoms with E-state index in [1.165, 1.54) is 17.6 Å². The lowest BCUT2D eigenvalue weighted by Crippen LogP contribution is -2.43. The van der Waals surface area contributed by atoms with Gasteiger partial charge in [-0.3, -0.25) is 14.4 Å². The van der Waals surface area contributed by atoms with Gasteiger partial charge in [0.05, 0.1) is 42.2 Å². The van der Waals surface area contributed by atoms with Gasteiger partial charge in [0.2, 0.25) is 0 Å². The maximum absolute atomic E-state index is 12.8. The average Bonchev–Trinajstić information content (AvgIpc) is 3.49. The van der Waals surface area contributed by atoms with Crippen LogP contribution in [0.25, 0.3) is 0 Å². The Kier molecular flexibility index (Phi) is 9.43. The van der Waals surface area contributed by atoms with Gasteiger partial charge in [-0.05, 0) is 54.3 Å². The molecule has 4 rings (SSSR count). The number of carbonyl (C=O) groups excluding carboxylic acids is 3. The van der Waals surface area contributed by atoms with Crippen molar-refractivity contribution in [2.45, 2.75) is 6.92 Å². The number of benzene rings is 2. The van der Waals surface area contributed by atoms with Crippen LogP contribution >= 0.6 is 11.3 Å². The van der Waals surface area contributed by atoms with Crippen LogP contribution < -0.4 is 20.2 Å². The molecule has 1 aromatic heterocycles. The summed E-state index contributed by atoms with van der Waals surface area (Å²) >= 11 is 1.31. The predicted molar refractivity (Wildman–Crippen MR) is 144 cm³/mol. The van der Waals surface area contributed by atoms with Crippen LogP contribution in [0.5, 0.6) is 11.5 Å². The van der Waals surface area contributed by atoms with Crippen LogP contribution in [0.15, 0.2) is 65.1 Å². The Hall–Kier alpha value is -4.22. The first kappa shape index (κ1) is 26.8. The van der Waals surface area contributed by atoms with Crippen molar-refractivity contribution in [3.63, 3.8) is 0 Å². The number of hydrazone groups is 1. The molecule has 0 saturated carbocycles. The van der Waals surface area contributed by atoms with Crippen LogP contribution in [-0.4, -0.2) is 68.4 Å². The summed E-state index contributed by atoms with van der Waals surface area (Å²) in [6, 6.07) is 15.3. The lowest BCUT2D eigenvalue weighted by Gasteiger charge is -2.26. The van der Waals surface area contributed by atoms with Crippen molar-refractivity contribution in [1.82, 2.24) is 10.3 Å². The van der Waals surface area contributed by atoms with Crippen molar-refractivity contribution < 1.29 is 28.6 Å². The molecule has 1 saturated heterocycles. The zero-order valence-corrected chi connectivity index (χ0v) is 21.7. The predicted octanol–water partition coefficient (Wildman–Crippen LogP) is 3.40. The van der Waals surface area contributed by atoms with E-state index in [-0.39, 0.29) is 24.0 Å². The SMILES string of the molecule is CCOc1cc(/C=N\NC(=O)c2ccccc2NC(=O)c2cccs2)ccc1OCC(=O)N1CCOCC1. The molecular weight excluding hydrogens is 508 g/mol. The molecule has 11 heteroatoms. The minimum Gasteiger partial charge on any atom is -0.490 e. The molecule has 1 aliphatic rings. The van der Waals surface area contributed by atoms with Gasteiger partial charge in [-0.15, -0.1) is 11.3 Å². The number of nitrogens with one attached hydrogen (secondary N) is 2. The zero-order valence-electron chi connectivity index (χ0n) is 20.8. The van der Waals surface area contributed by atoms with E-state index in [2.05, 4.69) is 15.8 Å². The fourth-order valence-electron chi connectivity index (χ4n) is 3.64. The van der Waals surface area contributed by atoms with Gasteiger partial charge in [0, 0.05) is 13.1 Å². The first-order chi connectivity index (χ1) is 18.5. The Balaban J connectivity index is 1.37. The average molecular weight is 537 g/mol. The molecule has 2 N–H and O–H groups in total. The van der Waals surface area contributed by atoms with Gasteiger partial charge in [-0.2, -0.15) is 5.10 Å². The van der Waals surface area contributed by atoms with Crippen LogP contribution in [0.2, 0.25) is 0 Å². The second-order valence-electron chi connectivity index (χ2n) is 8.10. The zero-order chi connectivity index (χ0) is 26.7. The Morgan fingerprint density at radius 2 is 1.84 bits per heavy atom. The lowest BCUT2D eigenvalue weighted by molar-refractivity contribution is -0.137. The minimum atomic E-state index is -0.477. The maximum atomic E-state index is 12.8. The molecule has 0 atom stereocenters. The van der Waals surface area contributed by atoms with Crippen molar-refractivity contribution in [3.8, 4) is 11.5 Å². The van der Waals surface area contributed by atoms with E-state index in [1.54, 1.807) is 59.5 Å². The molecule has 1 fully saturated rings. The summed E-state index contributed by atoms with van der Waals surface area (Å²) in [4.78, 5) is 39.8. The molecule has 0 bridgehead atoms. The Morgan fingerprint density at radius 1 is 1.03 bits per heavy atom. The van der Waals surface area contributed by atoms with Gasteiger partial charge >= 0.3 is 0 Å². The highest BCUT2D eigenvalue weighted by atomic mass is 32.1. The quantitative estimate of drug-likeness (QED) is 0.303. The van der Waals surface area contributed by atoms with E-state index in [0.717, 1.165) is 0 Å². The van der Waals surface area contributed by atoms with Gasteiger partial charge in [-0.1, -0.05) is 18.2 Å². The van der Waals surface area contributed by atoms with Gasteiger partial charge < -0.3 is 24.4 Å². The van der Waals surface area contributed by atoms with E-state index in [1.807, 2.05) is 12.3 Å². The number of thiophene rings is 1. The van der Waals surface area contributed by atoms with Crippen LogP contribution in [0.4, 0.5) is 5.69 Å². The Labute approximate surface area is 224 Å². The van der Waals surface area contributed by atoms with E-state index in [0.29, 0.717) is 60.5 Å². The highest BCUT2D eigenvalue weighted by Crippen LogP contribution is 2.28. The number of amides is 3. The van der Waals surface area contributed by atoms with Gasteiger partial charge in [0.15, 0.2) is 18.1 Å². The largest absolute Gasteiger partial charge is 0.490 e. The first-order valence-electron chi connectivity index (χ1n) is 12.1. The maximum Gasteiger partial charge on any atom is 0.273 e. The molecule has 0 aliphatic carbocycles. The molecule has 1 aliphatic heterocycles. The smallest absolute Gasteiger partial charge is 0.273 e. The summed E-state index contributed by atoms with van der Waals surface area (Å²) in [5.74, 6) is 0.0105. The number of rotatable bonds is 10. The molecule has 2 aromatic carbocycles. The topological polar surface area (TPSA) is 119 Å². The Morgan fingerprint density at radius 3 is 2.61 bits per heavy atom. The fourth-order valence-corrected chi connectivity index (χ4v) is 4.26. The highest BCUT2D eigenvalue weighted by molar-refractivity contribution is 7.12. The van der Waals surface area contributed by atoms with E-state index < -0.39 is 5.91 Å². The number of anilines is 1. The first-order valence-corrected chi connectivity index (χ1v) is 13.0. The van der Waals surface area contributed by atoms with Gasteiger partial charge in [0.25, 0.3) is 17.7 Å². The number of hydrogen-bond donors (Lipinski definition) is 2. The van der Waals surface area contributed by atoms with Crippen molar-refractivity contribution in [2.24, 2.45) is 5.10 Å². The number of ether oxygens (including phenoxy) is 3. The monoisotopic (exact) mass is 536 g/mol. The van der Waals surface area contributed by atoms with E-state index in [9.17, 15) is 14.4 Å². The van der Waals surface area contributed by atoms with Gasteiger partial charge in [-0.25, -0.2) is 5.43 Å². The summed E-state index contributed by atoms with van der Waals surface area (Å²) in [5, 5.41) is 8.62. The number of hydrogen-bond acceptors (Lipinski definition) is 8. The fraction of sp³-hybridized carbons (Fsp3) is 0.259. The molecule has 0 spiro atoms. The summed E-state index contributed by atoms with van der Waals surface area (Å²) in [6.07, 6.45) is 1.47. The van der Waals surface area contributed by atoms with Gasteiger partial charge in [0.1, 0.15) is 0 Å². The lowest BCUT2D eigenvalue weighted by atomic mass is 10.1. The number of carbonyl (C=O) groups is 3. The van der Waals surface area contributed by atoms with E-state index >= 15 is 0 Å².